The van der Waals surface area contributed by atoms with Gasteiger partial charge in [0, 0.05) is 17.0 Å². The summed E-state index contributed by atoms with van der Waals surface area (Å²) in [6.45, 7) is 0. The number of rotatable bonds is 3. The van der Waals surface area contributed by atoms with Crippen molar-refractivity contribution in [1.29, 1.82) is 0 Å². The highest BCUT2D eigenvalue weighted by Gasteiger charge is 2.67. The van der Waals surface area contributed by atoms with Crippen LogP contribution in [0.5, 0.6) is 0 Å². The molecule has 1 aromatic carbocycles. The molecule has 1 N–H and O–H groups in total. The van der Waals surface area contributed by atoms with Gasteiger partial charge >= 0.3 is 0 Å². The van der Waals surface area contributed by atoms with Crippen LogP contribution in [0.25, 0.3) is 0 Å². The van der Waals surface area contributed by atoms with Crippen LogP contribution in [0.1, 0.15) is 32.1 Å². The van der Waals surface area contributed by atoms with Gasteiger partial charge in [0.05, 0.1) is 22.5 Å². The van der Waals surface area contributed by atoms with Gasteiger partial charge in [-0.25, -0.2) is 0 Å². The van der Waals surface area contributed by atoms with Gasteiger partial charge in [0.25, 0.3) is 0 Å². The van der Waals surface area contributed by atoms with E-state index in [1.807, 2.05) is 0 Å². The summed E-state index contributed by atoms with van der Waals surface area (Å²) in [5.74, 6) is 1.30. The molecule has 162 valence electrons. The molecule has 2 bridgehead atoms. The first-order chi connectivity index (χ1) is 14.9. The molecule has 1 saturated heterocycles. The van der Waals surface area contributed by atoms with E-state index in [0.717, 1.165) is 0 Å². The topological polar surface area (TPSA) is 66.5 Å². The molecule has 1 aliphatic heterocycles. The zero-order valence-electron chi connectivity index (χ0n) is 17.0. The van der Waals surface area contributed by atoms with Crippen molar-refractivity contribution in [3.05, 3.63) is 40.4 Å². The fraction of sp³-hybridized carbons (Fsp3) is 0.542. The molecule has 0 spiro atoms. The molecule has 31 heavy (non-hydrogen) atoms. The fourth-order valence-electron chi connectivity index (χ4n) is 6.76. The van der Waals surface area contributed by atoms with Gasteiger partial charge in [-0.15, -0.1) is 0 Å². The molecule has 1 heterocycles. The first-order valence-electron chi connectivity index (χ1n) is 11.2. The van der Waals surface area contributed by atoms with E-state index in [2.05, 4.69) is 17.5 Å². The van der Waals surface area contributed by atoms with Crippen molar-refractivity contribution in [2.75, 3.05) is 5.32 Å². The highest BCUT2D eigenvalue weighted by Crippen LogP contribution is 2.65. The number of hydrogen-bond acceptors (Lipinski definition) is 3. The Labute approximate surface area is 191 Å². The van der Waals surface area contributed by atoms with Crippen LogP contribution in [0.2, 0.25) is 10.0 Å². The van der Waals surface area contributed by atoms with E-state index in [0.29, 0.717) is 53.3 Å². The molecule has 1 aromatic rings. The largest absolute Gasteiger partial charge is 0.324 e. The maximum absolute atomic E-state index is 13.3. The molecule has 7 heteroatoms. The number of anilines is 1. The SMILES string of the molecule is O=C(Nc1cc(Cl)ccc1Cl)C1CCC(N2C(=O)[C@@H]3[C@H]4C=C[C@H]([C@H]5C[C@H]45)[C@@H]3C2=O)CC1. The predicted molar refractivity (Wildman–Crippen MR) is 117 cm³/mol. The Kier molecular flexibility index (Phi) is 4.52. The van der Waals surface area contributed by atoms with Crippen LogP contribution in [0.4, 0.5) is 5.69 Å². The van der Waals surface area contributed by atoms with Crippen LogP contribution >= 0.6 is 23.2 Å². The molecule has 0 unspecified atom stereocenters. The zero-order valence-corrected chi connectivity index (χ0v) is 18.5. The first-order valence-corrected chi connectivity index (χ1v) is 12.0. The number of carbonyl (C=O) groups excluding carboxylic acids is 3. The second-order valence-corrected chi connectivity index (χ2v) is 10.7. The Morgan fingerprint density at radius 1 is 0.935 bits per heavy atom. The Balaban J connectivity index is 1.12. The lowest BCUT2D eigenvalue weighted by Crippen LogP contribution is -2.44. The van der Waals surface area contributed by atoms with Gasteiger partial charge < -0.3 is 5.32 Å². The van der Waals surface area contributed by atoms with Crippen LogP contribution in [-0.2, 0) is 14.4 Å². The molecule has 0 radical (unpaired) electrons. The lowest BCUT2D eigenvalue weighted by molar-refractivity contribution is -0.144. The smallest absolute Gasteiger partial charge is 0.233 e. The number of nitrogens with zero attached hydrogens (tertiary/aromatic N) is 1. The predicted octanol–water partition coefficient (Wildman–Crippen LogP) is 4.54. The minimum Gasteiger partial charge on any atom is -0.324 e. The number of allylic oxidation sites excluding steroid dienone is 2. The molecule has 4 fully saturated rings. The number of imide groups is 1. The number of amides is 3. The Morgan fingerprint density at radius 2 is 1.55 bits per heavy atom. The molecule has 7 rings (SSSR count). The Bertz CT molecular complexity index is 980. The fourth-order valence-corrected chi connectivity index (χ4v) is 7.10. The minimum atomic E-state index is -0.160. The van der Waals surface area contributed by atoms with Gasteiger partial charge in [-0.3, -0.25) is 19.3 Å². The summed E-state index contributed by atoms with van der Waals surface area (Å²) in [4.78, 5) is 40.9. The molecule has 3 amide bonds. The summed E-state index contributed by atoms with van der Waals surface area (Å²) in [5.41, 5.74) is 0.511. The zero-order chi connectivity index (χ0) is 21.4. The van der Waals surface area contributed by atoms with Gasteiger partial charge in [0.15, 0.2) is 0 Å². The minimum absolute atomic E-state index is 0.0401. The third-order valence-corrected chi connectivity index (χ3v) is 8.88. The normalized spacial score (nSPS) is 40.0. The molecular formula is C24H24Cl2N2O3. The van der Waals surface area contributed by atoms with E-state index in [-0.39, 0.29) is 53.4 Å². The third kappa shape index (κ3) is 3.00. The third-order valence-electron chi connectivity index (χ3n) is 8.32. The van der Waals surface area contributed by atoms with Crippen molar-refractivity contribution in [3.63, 3.8) is 0 Å². The van der Waals surface area contributed by atoms with E-state index in [1.165, 1.54) is 6.42 Å². The van der Waals surface area contributed by atoms with E-state index in [9.17, 15) is 14.4 Å². The van der Waals surface area contributed by atoms with Crippen molar-refractivity contribution >= 4 is 46.6 Å². The maximum Gasteiger partial charge on any atom is 0.233 e. The summed E-state index contributed by atoms with van der Waals surface area (Å²) in [6, 6.07) is 4.90. The summed E-state index contributed by atoms with van der Waals surface area (Å²) in [6.07, 6.45) is 8.23. The quantitative estimate of drug-likeness (QED) is 0.533. The second kappa shape index (κ2) is 7.08. The Hall–Kier alpha value is -1.85. The lowest BCUT2D eigenvalue weighted by Gasteiger charge is -2.37. The first kappa shape index (κ1) is 19.8. The van der Waals surface area contributed by atoms with Crippen LogP contribution < -0.4 is 5.32 Å². The van der Waals surface area contributed by atoms with Crippen LogP contribution in [-0.4, -0.2) is 28.7 Å². The average molecular weight is 459 g/mol. The van der Waals surface area contributed by atoms with Crippen molar-refractivity contribution in [1.82, 2.24) is 4.90 Å². The second-order valence-electron chi connectivity index (χ2n) is 9.82. The number of carbonyl (C=O) groups is 3. The van der Waals surface area contributed by atoms with Gasteiger partial charge in [-0.2, -0.15) is 0 Å². The number of likely N-dealkylation sites (tertiary alicyclic amines) is 1. The summed E-state index contributed by atoms with van der Waals surface area (Å²) in [7, 11) is 0. The summed E-state index contributed by atoms with van der Waals surface area (Å²) >= 11 is 12.2. The van der Waals surface area contributed by atoms with Crippen LogP contribution in [0, 0.1) is 41.4 Å². The number of halogens is 2. The number of nitrogens with one attached hydrogen (secondary N) is 1. The van der Waals surface area contributed by atoms with Gasteiger partial charge in [0.1, 0.15) is 0 Å². The van der Waals surface area contributed by atoms with E-state index >= 15 is 0 Å². The van der Waals surface area contributed by atoms with Crippen molar-refractivity contribution in [3.8, 4) is 0 Å². The lowest BCUT2D eigenvalue weighted by atomic mass is 9.63. The van der Waals surface area contributed by atoms with Gasteiger partial charge in [0.2, 0.25) is 17.7 Å². The van der Waals surface area contributed by atoms with Crippen LogP contribution in [0.3, 0.4) is 0 Å². The van der Waals surface area contributed by atoms with Gasteiger partial charge in [-0.05, 0) is 74.0 Å². The maximum atomic E-state index is 13.3. The molecule has 6 aliphatic rings. The molecular weight excluding hydrogens is 435 g/mol. The van der Waals surface area contributed by atoms with Gasteiger partial charge in [-0.1, -0.05) is 35.4 Å². The van der Waals surface area contributed by atoms with Crippen molar-refractivity contribution in [2.45, 2.75) is 38.1 Å². The monoisotopic (exact) mass is 458 g/mol. The average Bonchev–Trinajstić information content (AvgIpc) is 3.54. The molecule has 3 saturated carbocycles. The molecule has 5 aliphatic carbocycles. The molecule has 5 nitrogen and oxygen atoms in total. The van der Waals surface area contributed by atoms with E-state index in [4.69, 9.17) is 23.2 Å². The highest BCUT2D eigenvalue weighted by molar-refractivity contribution is 6.35. The van der Waals surface area contributed by atoms with Crippen molar-refractivity contribution < 1.29 is 14.4 Å². The number of hydrogen-bond donors (Lipinski definition) is 1. The number of benzene rings is 1. The standard InChI is InChI=1S/C24H24Cl2N2O3/c25-12-3-8-18(26)19(9-12)27-22(29)11-1-4-13(5-2-11)28-23(30)20-14-6-7-15(17-10-16(14)17)21(20)24(28)31/h3,6-9,11,13-17,20-21H,1-2,4-5,10H2,(H,27,29)/t11?,13?,14-,15+,16-,17-,20+,21-/m1/s1. The highest BCUT2D eigenvalue weighted by atomic mass is 35.5. The summed E-state index contributed by atoms with van der Waals surface area (Å²) in [5, 5.41) is 3.84. The summed E-state index contributed by atoms with van der Waals surface area (Å²) < 4.78 is 0. The molecule has 0 aromatic heterocycles. The Morgan fingerprint density at radius 3 is 2.16 bits per heavy atom. The van der Waals surface area contributed by atoms with E-state index < -0.39 is 0 Å². The van der Waals surface area contributed by atoms with Crippen LogP contribution in [0.15, 0.2) is 30.4 Å². The van der Waals surface area contributed by atoms with Crippen molar-refractivity contribution in [2.24, 2.45) is 41.4 Å². The van der Waals surface area contributed by atoms with E-state index in [1.54, 1.807) is 23.1 Å². The molecule has 6 atom stereocenters.